The summed E-state index contributed by atoms with van der Waals surface area (Å²) in [4.78, 5) is 27.1. The molecule has 2 aliphatic rings. The summed E-state index contributed by atoms with van der Waals surface area (Å²) in [7, 11) is -3.60. The average molecular weight is 422 g/mol. The van der Waals surface area contributed by atoms with Crippen LogP contribution in [0, 0.1) is 13.8 Å². The van der Waals surface area contributed by atoms with Crippen molar-refractivity contribution in [1.82, 2.24) is 14.5 Å². The van der Waals surface area contributed by atoms with E-state index >= 15 is 0 Å². The van der Waals surface area contributed by atoms with E-state index in [9.17, 15) is 18.0 Å². The summed E-state index contributed by atoms with van der Waals surface area (Å²) in [5.74, 6) is -0.271. The Kier molecular flexibility index (Phi) is 6.33. The minimum Gasteiger partial charge on any atom is -0.342 e. The summed E-state index contributed by atoms with van der Waals surface area (Å²) in [5, 5.41) is 2.91. The normalized spacial score (nSPS) is 20.3. The first-order valence-electron chi connectivity index (χ1n) is 10.3. The molecule has 0 bridgehead atoms. The maximum Gasteiger partial charge on any atom is 0.248 e. The third-order valence-electron chi connectivity index (χ3n) is 6.02. The van der Waals surface area contributed by atoms with E-state index in [0.29, 0.717) is 30.8 Å². The topological polar surface area (TPSA) is 86.8 Å². The van der Waals surface area contributed by atoms with Crippen LogP contribution in [0.15, 0.2) is 23.1 Å². The molecule has 160 valence electrons. The van der Waals surface area contributed by atoms with Crippen LogP contribution in [0.4, 0.5) is 0 Å². The lowest BCUT2D eigenvalue weighted by atomic mass is 9.80. The van der Waals surface area contributed by atoms with Gasteiger partial charge in [-0.15, -0.1) is 0 Å². The molecule has 1 saturated heterocycles. The molecule has 1 aromatic carbocycles. The highest BCUT2D eigenvalue weighted by Crippen LogP contribution is 2.31. The van der Waals surface area contributed by atoms with Crippen molar-refractivity contribution in [3.63, 3.8) is 0 Å². The Balaban J connectivity index is 1.73. The molecule has 1 saturated carbocycles. The van der Waals surface area contributed by atoms with Crippen molar-refractivity contribution >= 4 is 21.8 Å². The molecule has 0 aromatic heterocycles. The molecule has 2 amide bonds. The minimum absolute atomic E-state index is 0.0730. The van der Waals surface area contributed by atoms with Gasteiger partial charge in [0.15, 0.2) is 0 Å². The quantitative estimate of drug-likeness (QED) is 0.805. The van der Waals surface area contributed by atoms with E-state index in [4.69, 9.17) is 0 Å². The maximum atomic E-state index is 13.3. The summed E-state index contributed by atoms with van der Waals surface area (Å²) in [6, 6.07) is 5.43. The monoisotopic (exact) mass is 421 g/mol. The number of hydrogen-bond donors (Lipinski definition) is 1. The molecule has 0 atom stereocenters. The highest BCUT2D eigenvalue weighted by Gasteiger charge is 2.44. The third-order valence-corrected chi connectivity index (χ3v) is 8.06. The zero-order chi connectivity index (χ0) is 21.2. The standard InChI is InChI=1S/C21H31N3O4S/c1-16-7-8-17(2)19(15-16)29(27,28)24-13-11-23(12-14-24)20(26)21(22-18(3)25)9-5-4-6-10-21/h7-8,15H,4-6,9-14H2,1-3H3,(H,22,25). The fraction of sp³-hybridized carbons (Fsp3) is 0.619. The van der Waals surface area contributed by atoms with Crippen molar-refractivity contribution in [1.29, 1.82) is 0 Å². The second kappa shape index (κ2) is 8.44. The lowest BCUT2D eigenvalue weighted by Crippen LogP contribution is -2.63. The van der Waals surface area contributed by atoms with Crippen LogP contribution in [0.3, 0.4) is 0 Å². The Labute approximate surface area is 173 Å². The lowest BCUT2D eigenvalue weighted by molar-refractivity contribution is -0.144. The van der Waals surface area contributed by atoms with Gasteiger partial charge in [0, 0.05) is 33.1 Å². The molecule has 3 rings (SSSR count). The van der Waals surface area contributed by atoms with Gasteiger partial charge in [-0.25, -0.2) is 8.42 Å². The average Bonchev–Trinajstić information content (AvgIpc) is 2.69. The minimum atomic E-state index is -3.60. The molecule has 7 nitrogen and oxygen atoms in total. The van der Waals surface area contributed by atoms with Gasteiger partial charge >= 0.3 is 0 Å². The van der Waals surface area contributed by atoms with Crippen molar-refractivity contribution < 1.29 is 18.0 Å². The van der Waals surface area contributed by atoms with Gasteiger partial charge in [0.25, 0.3) is 0 Å². The van der Waals surface area contributed by atoms with Crippen molar-refractivity contribution in [2.45, 2.75) is 63.3 Å². The summed E-state index contributed by atoms with van der Waals surface area (Å²) >= 11 is 0. The smallest absolute Gasteiger partial charge is 0.248 e. The highest BCUT2D eigenvalue weighted by molar-refractivity contribution is 7.89. The van der Waals surface area contributed by atoms with E-state index in [1.807, 2.05) is 19.1 Å². The van der Waals surface area contributed by atoms with Crippen LogP contribution < -0.4 is 5.32 Å². The number of carbonyl (C=O) groups excluding carboxylic acids is 2. The third kappa shape index (κ3) is 4.48. The molecule has 0 radical (unpaired) electrons. The summed E-state index contributed by atoms with van der Waals surface area (Å²) in [6.45, 7) is 6.31. The number of carbonyl (C=O) groups is 2. The second-order valence-corrected chi connectivity index (χ2v) is 10.2. The zero-order valence-electron chi connectivity index (χ0n) is 17.5. The molecule has 1 aromatic rings. The van der Waals surface area contributed by atoms with E-state index in [2.05, 4.69) is 5.32 Å². The zero-order valence-corrected chi connectivity index (χ0v) is 18.3. The molecule has 8 heteroatoms. The van der Waals surface area contributed by atoms with Crippen LogP contribution in [0.1, 0.15) is 50.2 Å². The molecule has 1 aliphatic carbocycles. The fourth-order valence-corrected chi connectivity index (χ4v) is 6.18. The molecular formula is C21H31N3O4S. The number of benzene rings is 1. The SMILES string of the molecule is CC(=O)NC1(C(=O)N2CCN(S(=O)(=O)c3cc(C)ccc3C)CC2)CCCCC1. The predicted molar refractivity (Wildman–Crippen MR) is 111 cm³/mol. The van der Waals surface area contributed by atoms with Crippen LogP contribution in [0.5, 0.6) is 0 Å². The van der Waals surface area contributed by atoms with Gasteiger partial charge in [0.1, 0.15) is 5.54 Å². The summed E-state index contributed by atoms with van der Waals surface area (Å²) in [5.41, 5.74) is 0.789. The van der Waals surface area contributed by atoms with Gasteiger partial charge in [0.2, 0.25) is 21.8 Å². The van der Waals surface area contributed by atoms with E-state index in [1.165, 1.54) is 11.2 Å². The van der Waals surface area contributed by atoms with Gasteiger partial charge in [-0.3, -0.25) is 9.59 Å². The Morgan fingerprint density at radius 3 is 2.21 bits per heavy atom. The van der Waals surface area contributed by atoms with Crippen LogP contribution in [-0.2, 0) is 19.6 Å². The Hall–Kier alpha value is -1.93. The summed E-state index contributed by atoms with van der Waals surface area (Å²) < 4.78 is 27.7. The Morgan fingerprint density at radius 2 is 1.62 bits per heavy atom. The number of nitrogens with one attached hydrogen (secondary N) is 1. The van der Waals surface area contributed by atoms with E-state index in [1.54, 1.807) is 17.9 Å². The number of aryl methyl sites for hydroxylation is 2. The van der Waals surface area contributed by atoms with Crippen LogP contribution in [0.2, 0.25) is 0 Å². The molecule has 0 spiro atoms. The first-order chi connectivity index (χ1) is 13.7. The number of amides is 2. The van der Waals surface area contributed by atoms with Crippen molar-refractivity contribution in [2.24, 2.45) is 0 Å². The number of hydrogen-bond acceptors (Lipinski definition) is 4. The van der Waals surface area contributed by atoms with Gasteiger partial charge in [0.05, 0.1) is 4.90 Å². The number of nitrogens with zero attached hydrogens (tertiary/aromatic N) is 2. The second-order valence-electron chi connectivity index (χ2n) is 8.29. The molecular weight excluding hydrogens is 390 g/mol. The summed E-state index contributed by atoms with van der Waals surface area (Å²) in [6.07, 6.45) is 4.18. The van der Waals surface area contributed by atoms with Crippen molar-refractivity contribution in [3.05, 3.63) is 29.3 Å². The van der Waals surface area contributed by atoms with Gasteiger partial charge in [-0.05, 0) is 43.9 Å². The molecule has 1 aliphatic heterocycles. The van der Waals surface area contributed by atoms with Crippen LogP contribution in [0.25, 0.3) is 0 Å². The largest absolute Gasteiger partial charge is 0.342 e. The number of piperazine rings is 1. The highest BCUT2D eigenvalue weighted by atomic mass is 32.2. The lowest BCUT2D eigenvalue weighted by Gasteiger charge is -2.42. The molecule has 2 fully saturated rings. The van der Waals surface area contributed by atoms with Gasteiger partial charge < -0.3 is 10.2 Å². The fourth-order valence-electron chi connectivity index (χ4n) is 4.44. The van der Waals surface area contributed by atoms with Crippen LogP contribution in [-0.4, -0.2) is 61.2 Å². The Morgan fingerprint density at radius 1 is 1.00 bits per heavy atom. The molecule has 1 N–H and O–H groups in total. The first kappa shape index (κ1) is 21.8. The number of sulfonamides is 1. The van der Waals surface area contributed by atoms with Crippen molar-refractivity contribution in [2.75, 3.05) is 26.2 Å². The Bertz CT molecular complexity index is 883. The van der Waals surface area contributed by atoms with Crippen LogP contribution >= 0.6 is 0 Å². The van der Waals surface area contributed by atoms with Gasteiger partial charge in [-0.1, -0.05) is 31.4 Å². The number of rotatable bonds is 4. The van der Waals surface area contributed by atoms with E-state index in [0.717, 1.165) is 30.4 Å². The van der Waals surface area contributed by atoms with Crippen molar-refractivity contribution in [3.8, 4) is 0 Å². The van der Waals surface area contributed by atoms with Gasteiger partial charge in [-0.2, -0.15) is 4.31 Å². The first-order valence-corrected chi connectivity index (χ1v) is 11.8. The molecule has 1 heterocycles. The maximum absolute atomic E-state index is 13.3. The molecule has 29 heavy (non-hydrogen) atoms. The molecule has 0 unspecified atom stereocenters. The van der Waals surface area contributed by atoms with E-state index in [-0.39, 0.29) is 24.9 Å². The predicted octanol–water partition coefficient (Wildman–Crippen LogP) is 1.98. The van der Waals surface area contributed by atoms with E-state index < -0.39 is 15.6 Å².